The van der Waals surface area contributed by atoms with Crippen molar-refractivity contribution in [1.29, 1.82) is 0 Å². The van der Waals surface area contributed by atoms with E-state index in [2.05, 4.69) is 51.1 Å². The van der Waals surface area contributed by atoms with Gasteiger partial charge in [0.2, 0.25) is 0 Å². The molecule has 0 saturated heterocycles. The Morgan fingerprint density at radius 2 is 1.50 bits per heavy atom. The lowest BCUT2D eigenvalue weighted by Crippen LogP contribution is -2.12. The highest BCUT2D eigenvalue weighted by atomic mass is 128. The van der Waals surface area contributed by atoms with Crippen LogP contribution >= 0.6 is 37.2 Å². The second kappa shape index (κ2) is 8.23. The monoisotopic (exact) mass is 368 g/mol. The molecular weight excluding hydrogens is 354 g/mol. The van der Waals surface area contributed by atoms with Gasteiger partial charge in [-0.15, -0.1) is 0 Å². The Labute approximate surface area is 86.7 Å². The van der Waals surface area contributed by atoms with E-state index in [-0.39, 0.29) is 5.92 Å². The van der Waals surface area contributed by atoms with Gasteiger partial charge in [-0.3, -0.25) is 4.79 Å². The van der Waals surface area contributed by atoms with Crippen molar-refractivity contribution in [3.05, 3.63) is 0 Å². The van der Waals surface area contributed by atoms with E-state index in [0.717, 1.165) is 0 Å². The number of carbonyl (C=O) groups is 1. The first-order chi connectivity index (χ1) is 4.55. The normalized spacial score (nSPS) is 11.9. The van der Waals surface area contributed by atoms with E-state index < -0.39 is 0 Å². The maximum Gasteiger partial charge on any atom is 0.132 e. The molecular formula is C7H14I2O. The van der Waals surface area contributed by atoms with E-state index in [1.807, 2.05) is 6.92 Å². The zero-order valence-electron chi connectivity index (χ0n) is 6.82. The van der Waals surface area contributed by atoms with Gasteiger partial charge in [0, 0.05) is 43.1 Å². The van der Waals surface area contributed by atoms with Crippen molar-refractivity contribution in [2.45, 2.75) is 27.7 Å². The fourth-order valence-corrected chi connectivity index (χ4v) is 0.469. The minimum absolute atomic E-state index is 0.231. The van der Waals surface area contributed by atoms with Crippen molar-refractivity contribution in [1.82, 2.24) is 0 Å². The van der Waals surface area contributed by atoms with Crippen LogP contribution in [0.15, 0.2) is 0 Å². The molecule has 0 rings (SSSR count). The number of Topliss-reactive ketones (excluding diaryl/α,β-unsaturated/α-hetero) is 1. The Bertz CT molecular complexity index is 91.6. The van der Waals surface area contributed by atoms with E-state index in [4.69, 9.17) is 0 Å². The van der Waals surface area contributed by atoms with Crippen LogP contribution in [-0.4, -0.2) is 5.78 Å². The molecule has 10 heavy (non-hydrogen) atoms. The first-order valence-corrected chi connectivity index (χ1v) is 9.49. The number of ketones is 1. The van der Waals surface area contributed by atoms with Crippen LogP contribution in [0.25, 0.3) is 0 Å². The third kappa shape index (κ3) is 7.24. The zero-order chi connectivity index (χ0) is 8.73. The zero-order valence-corrected chi connectivity index (χ0v) is 11.1. The van der Waals surface area contributed by atoms with Crippen molar-refractivity contribution in [2.24, 2.45) is 11.8 Å². The Morgan fingerprint density at radius 1 is 1.20 bits per heavy atom. The van der Waals surface area contributed by atoms with Crippen LogP contribution in [0.3, 0.4) is 0 Å². The van der Waals surface area contributed by atoms with Gasteiger partial charge in [0.15, 0.2) is 0 Å². The van der Waals surface area contributed by atoms with Gasteiger partial charge in [0.1, 0.15) is 5.78 Å². The molecule has 62 valence electrons. The molecule has 1 nitrogen and oxygen atoms in total. The summed E-state index contributed by atoms with van der Waals surface area (Å²) in [7, 11) is 0. The molecule has 0 aliphatic carbocycles. The van der Waals surface area contributed by atoms with E-state index in [9.17, 15) is 4.79 Å². The summed E-state index contributed by atoms with van der Waals surface area (Å²) in [5.41, 5.74) is 0. The predicted molar refractivity (Wildman–Crippen MR) is 62.7 cm³/mol. The Hall–Kier alpha value is 1.13. The highest BCUT2D eigenvalue weighted by molar-refractivity contribution is 15.0. The lowest BCUT2D eigenvalue weighted by atomic mass is 9.95. The van der Waals surface area contributed by atoms with Crippen LogP contribution in [0.2, 0.25) is 0 Å². The molecule has 0 fully saturated rings. The first-order valence-electron chi connectivity index (χ1n) is 3.20. The van der Waals surface area contributed by atoms with Gasteiger partial charge in [-0.1, -0.05) is 20.8 Å². The van der Waals surface area contributed by atoms with Crippen LogP contribution in [0.5, 0.6) is 0 Å². The number of carbonyl (C=O) groups excluding carboxylic acids is 1. The summed E-state index contributed by atoms with van der Waals surface area (Å²) in [6.07, 6.45) is 0. The highest BCUT2D eigenvalue weighted by Crippen LogP contribution is 2.09. The average Bonchev–Trinajstić information content (AvgIpc) is 1.90. The fourth-order valence-electron chi connectivity index (χ4n) is 0.469. The van der Waals surface area contributed by atoms with Crippen LogP contribution in [0.4, 0.5) is 0 Å². The van der Waals surface area contributed by atoms with Crippen LogP contribution < -0.4 is 0 Å². The molecule has 3 heteroatoms. The van der Waals surface area contributed by atoms with Crippen molar-refractivity contribution >= 4 is 43.0 Å². The van der Waals surface area contributed by atoms with Gasteiger partial charge in [-0.2, -0.15) is 0 Å². The van der Waals surface area contributed by atoms with Gasteiger partial charge in [0.25, 0.3) is 0 Å². The Balaban J connectivity index is 0. The molecule has 0 aromatic heterocycles. The van der Waals surface area contributed by atoms with E-state index in [0.29, 0.717) is 11.7 Å². The average molecular weight is 368 g/mol. The fraction of sp³-hybridized carbons (Fsp3) is 0.857. The number of rotatable bonds is 2. The molecule has 0 aliphatic heterocycles. The molecule has 1 atom stereocenters. The van der Waals surface area contributed by atoms with E-state index in [1.54, 1.807) is 6.92 Å². The topological polar surface area (TPSA) is 17.1 Å². The smallest absolute Gasteiger partial charge is 0.132 e. The lowest BCUT2D eigenvalue weighted by molar-refractivity contribution is -0.121. The summed E-state index contributed by atoms with van der Waals surface area (Å²) in [5, 5.41) is 0. The molecule has 0 aromatic rings. The molecule has 0 aromatic carbocycles. The van der Waals surface area contributed by atoms with Crippen molar-refractivity contribution in [2.75, 3.05) is 0 Å². The van der Waals surface area contributed by atoms with Gasteiger partial charge >= 0.3 is 0 Å². The Morgan fingerprint density at radius 3 is 1.50 bits per heavy atom. The van der Waals surface area contributed by atoms with Crippen LogP contribution in [0.1, 0.15) is 27.7 Å². The minimum Gasteiger partial charge on any atom is -0.300 e. The van der Waals surface area contributed by atoms with E-state index in [1.165, 1.54) is 0 Å². The molecule has 0 bridgehead atoms. The molecule has 0 heterocycles. The summed E-state index contributed by atoms with van der Waals surface area (Å²) in [6.45, 7) is 7.73. The second-order valence-corrected chi connectivity index (χ2v) is 2.64. The second-order valence-electron chi connectivity index (χ2n) is 2.64. The summed E-state index contributed by atoms with van der Waals surface area (Å²) < 4.78 is 0. The maximum absolute atomic E-state index is 10.6. The number of hydrogen-bond donors (Lipinski definition) is 0. The molecule has 0 amide bonds. The summed E-state index contributed by atoms with van der Waals surface area (Å²) in [4.78, 5) is 10.6. The van der Waals surface area contributed by atoms with Crippen LogP contribution in [0, 0.1) is 11.8 Å². The van der Waals surface area contributed by atoms with E-state index >= 15 is 0 Å². The SMILES string of the molecule is CC(=O)C(C)C(C)C.II. The summed E-state index contributed by atoms with van der Waals surface area (Å²) in [6, 6.07) is 0. The lowest BCUT2D eigenvalue weighted by Gasteiger charge is -2.09. The Kier molecular flexibility index (Phi) is 11.3. The summed E-state index contributed by atoms with van der Waals surface area (Å²) in [5.74, 6) is 1.02. The number of hydrogen-bond acceptors (Lipinski definition) is 1. The van der Waals surface area contributed by atoms with Crippen molar-refractivity contribution < 1.29 is 4.79 Å². The maximum atomic E-state index is 10.6. The van der Waals surface area contributed by atoms with Gasteiger partial charge in [0.05, 0.1) is 0 Å². The molecule has 0 spiro atoms. The molecule has 0 N–H and O–H groups in total. The summed E-state index contributed by atoms with van der Waals surface area (Å²) >= 11 is 4.24. The van der Waals surface area contributed by atoms with Gasteiger partial charge < -0.3 is 0 Å². The van der Waals surface area contributed by atoms with Crippen molar-refractivity contribution in [3.8, 4) is 0 Å². The van der Waals surface area contributed by atoms with Crippen molar-refractivity contribution in [3.63, 3.8) is 0 Å². The quantitative estimate of drug-likeness (QED) is 0.681. The third-order valence-corrected chi connectivity index (χ3v) is 1.64. The largest absolute Gasteiger partial charge is 0.300 e. The molecule has 0 saturated carbocycles. The number of halogens is 2. The van der Waals surface area contributed by atoms with Gasteiger partial charge in [-0.05, 0) is 12.8 Å². The first kappa shape index (κ1) is 13.7. The highest BCUT2D eigenvalue weighted by Gasteiger charge is 2.10. The molecule has 1 unspecified atom stereocenters. The standard InChI is InChI=1S/C7H14O.I2/c1-5(2)6(3)7(4)8;1-2/h5-6H,1-4H3;. The minimum atomic E-state index is 0.231. The molecule has 0 radical (unpaired) electrons. The third-order valence-electron chi connectivity index (χ3n) is 1.64. The van der Waals surface area contributed by atoms with Gasteiger partial charge in [-0.25, -0.2) is 0 Å². The molecule has 0 aliphatic rings. The predicted octanol–water partition coefficient (Wildman–Crippen LogP) is 3.64. The van der Waals surface area contributed by atoms with Crippen LogP contribution in [-0.2, 0) is 4.79 Å².